The lowest BCUT2D eigenvalue weighted by Crippen LogP contribution is -2.32. The molecule has 21 heavy (non-hydrogen) atoms. The summed E-state index contributed by atoms with van der Waals surface area (Å²) in [5.74, 6) is 0. The number of aromatic nitrogens is 3. The molecule has 0 saturated carbocycles. The lowest BCUT2D eigenvalue weighted by atomic mass is 9.89. The molecular formula is C17H15N3O. The third kappa shape index (κ3) is 2.41. The maximum Gasteiger partial charge on any atom is 0.191 e. The van der Waals surface area contributed by atoms with Crippen LogP contribution in [0.3, 0.4) is 0 Å². The maximum absolute atomic E-state index is 11.4. The fourth-order valence-corrected chi connectivity index (χ4v) is 2.28. The van der Waals surface area contributed by atoms with Crippen molar-refractivity contribution >= 4 is 0 Å². The molecule has 0 aliphatic rings. The summed E-state index contributed by atoms with van der Waals surface area (Å²) in [4.78, 5) is 12.9. The summed E-state index contributed by atoms with van der Waals surface area (Å²) in [6.07, 6.45) is 4.99. The first kappa shape index (κ1) is 13.4. The van der Waals surface area contributed by atoms with Crippen LogP contribution in [0.2, 0.25) is 0 Å². The van der Waals surface area contributed by atoms with E-state index in [0.29, 0.717) is 17.1 Å². The number of aryl methyl sites for hydroxylation is 1. The van der Waals surface area contributed by atoms with E-state index in [1.54, 1.807) is 30.7 Å². The Labute approximate surface area is 123 Å². The summed E-state index contributed by atoms with van der Waals surface area (Å²) >= 11 is 0. The largest absolute Gasteiger partial charge is 0.372 e. The van der Waals surface area contributed by atoms with Crippen LogP contribution in [0.1, 0.15) is 22.6 Å². The van der Waals surface area contributed by atoms with Crippen LogP contribution in [0.5, 0.6) is 0 Å². The second-order valence-electron chi connectivity index (χ2n) is 4.86. The summed E-state index contributed by atoms with van der Waals surface area (Å²) in [7, 11) is 0. The number of pyridine rings is 3. The highest BCUT2D eigenvalue weighted by molar-refractivity contribution is 5.39. The zero-order valence-electron chi connectivity index (χ0n) is 11.6. The van der Waals surface area contributed by atoms with Gasteiger partial charge in [-0.05, 0) is 48.9 Å². The van der Waals surface area contributed by atoms with Gasteiger partial charge in [-0.15, -0.1) is 0 Å². The molecule has 3 aromatic rings. The predicted molar refractivity (Wildman–Crippen MR) is 79.5 cm³/mol. The second kappa shape index (κ2) is 5.42. The van der Waals surface area contributed by atoms with Gasteiger partial charge >= 0.3 is 0 Å². The normalized spacial score (nSPS) is 11.3. The minimum absolute atomic E-state index is 0.502. The minimum atomic E-state index is -1.46. The number of hydrogen-bond acceptors (Lipinski definition) is 4. The molecule has 0 aliphatic carbocycles. The van der Waals surface area contributed by atoms with E-state index in [9.17, 15) is 5.11 Å². The Kier molecular flexibility index (Phi) is 3.46. The first-order valence-electron chi connectivity index (χ1n) is 6.70. The molecule has 0 bridgehead atoms. The van der Waals surface area contributed by atoms with Crippen molar-refractivity contribution in [1.29, 1.82) is 0 Å². The van der Waals surface area contributed by atoms with Gasteiger partial charge in [0, 0.05) is 18.6 Å². The molecule has 0 radical (unpaired) electrons. The van der Waals surface area contributed by atoms with E-state index in [-0.39, 0.29) is 0 Å². The Morgan fingerprint density at radius 3 is 1.81 bits per heavy atom. The van der Waals surface area contributed by atoms with Gasteiger partial charge in [0.1, 0.15) is 0 Å². The van der Waals surface area contributed by atoms with Gasteiger partial charge in [-0.2, -0.15) is 0 Å². The van der Waals surface area contributed by atoms with Gasteiger partial charge in [0.2, 0.25) is 0 Å². The number of nitrogens with zero attached hydrogens (tertiary/aromatic N) is 3. The van der Waals surface area contributed by atoms with Crippen LogP contribution in [0.15, 0.2) is 67.1 Å². The van der Waals surface area contributed by atoms with Crippen molar-refractivity contribution in [1.82, 2.24) is 15.0 Å². The quantitative estimate of drug-likeness (QED) is 0.799. The SMILES string of the molecule is Cc1ccnc(C(O)(c2ccccn2)c2ccccn2)c1. The van der Waals surface area contributed by atoms with E-state index < -0.39 is 5.60 Å². The molecule has 3 aromatic heterocycles. The molecule has 0 aliphatic heterocycles. The lowest BCUT2D eigenvalue weighted by Gasteiger charge is -2.26. The molecule has 3 rings (SSSR count). The minimum Gasteiger partial charge on any atom is -0.372 e. The fraction of sp³-hybridized carbons (Fsp3) is 0.118. The van der Waals surface area contributed by atoms with E-state index in [1.165, 1.54) is 0 Å². The Balaban J connectivity index is 2.25. The van der Waals surface area contributed by atoms with Gasteiger partial charge in [-0.25, -0.2) is 0 Å². The van der Waals surface area contributed by atoms with Gasteiger partial charge in [0.25, 0.3) is 0 Å². The van der Waals surface area contributed by atoms with Crippen molar-refractivity contribution in [2.45, 2.75) is 12.5 Å². The summed E-state index contributed by atoms with van der Waals surface area (Å²) in [5, 5.41) is 11.4. The highest BCUT2D eigenvalue weighted by Crippen LogP contribution is 2.33. The molecule has 0 spiro atoms. The Morgan fingerprint density at radius 1 is 0.762 bits per heavy atom. The van der Waals surface area contributed by atoms with Crippen molar-refractivity contribution in [3.8, 4) is 0 Å². The van der Waals surface area contributed by atoms with Crippen LogP contribution in [0.4, 0.5) is 0 Å². The van der Waals surface area contributed by atoms with E-state index in [2.05, 4.69) is 15.0 Å². The molecule has 4 nitrogen and oxygen atoms in total. The third-order valence-electron chi connectivity index (χ3n) is 3.36. The molecule has 0 amide bonds. The Hall–Kier alpha value is -2.59. The number of aliphatic hydroxyl groups is 1. The van der Waals surface area contributed by atoms with Crippen molar-refractivity contribution < 1.29 is 5.11 Å². The monoisotopic (exact) mass is 277 g/mol. The van der Waals surface area contributed by atoms with Crippen LogP contribution in [-0.4, -0.2) is 20.1 Å². The van der Waals surface area contributed by atoms with Crippen molar-refractivity contribution in [3.05, 3.63) is 89.8 Å². The second-order valence-corrected chi connectivity index (χ2v) is 4.86. The molecule has 104 valence electrons. The molecule has 0 fully saturated rings. The molecule has 0 atom stereocenters. The van der Waals surface area contributed by atoms with Crippen LogP contribution in [-0.2, 0) is 5.60 Å². The molecule has 0 unspecified atom stereocenters. The van der Waals surface area contributed by atoms with Crippen LogP contribution in [0.25, 0.3) is 0 Å². The predicted octanol–water partition coefficient (Wildman–Crippen LogP) is 2.46. The molecule has 1 N–H and O–H groups in total. The Morgan fingerprint density at radius 2 is 1.33 bits per heavy atom. The zero-order chi connectivity index (χ0) is 14.7. The average Bonchev–Trinajstić information content (AvgIpc) is 2.56. The highest BCUT2D eigenvalue weighted by atomic mass is 16.3. The van der Waals surface area contributed by atoms with E-state index in [4.69, 9.17) is 0 Å². The zero-order valence-corrected chi connectivity index (χ0v) is 11.6. The van der Waals surface area contributed by atoms with Crippen LogP contribution < -0.4 is 0 Å². The number of hydrogen-bond donors (Lipinski definition) is 1. The standard InChI is InChI=1S/C17H15N3O/c1-13-8-11-20-16(12-13)17(21,14-6-2-4-9-18-14)15-7-3-5-10-19-15/h2-12,21H,1H3. The summed E-state index contributed by atoms with van der Waals surface area (Å²) in [6.45, 7) is 1.96. The van der Waals surface area contributed by atoms with Crippen molar-refractivity contribution in [2.24, 2.45) is 0 Å². The molecule has 3 heterocycles. The van der Waals surface area contributed by atoms with Gasteiger partial charge in [0.15, 0.2) is 5.60 Å². The lowest BCUT2D eigenvalue weighted by molar-refractivity contribution is 0.111. The molecule has 4 heteroatoms. The van der Waals surface area contributed by atoms with Gasteiger partial charge in [0.05, 0.1) is 17.1 Å². The summed E-state index contributed by atoms with van der Waals surface area (Å²) in [5.41, 5.74) is 1.07. The molecular weight excluding hydrogens is 262 g/mol. The van der Waals surface area contributed by atoms with E-state index in [1.807, 2.05) is 43.3 Å². The third-order valence-corrected chi connectivity index (χ3v) is 3.36. The van der Waals surface area contributed by atoms with E-state index in [0.717, 1.165) is 5.56 Å². The van der Waals surface area contributed by atoms with Crippen molar-refractivity contribution in [3.63, 3.8) is 0 Å². The Bertz CT molecular complexity index is 690. The topological polar surface area (TPSA) is 58.9 Å². The molecule has 0 saturated heterocycles. The fourth-order valence-electron chi connectivity index (χ4n) is 2.28. The molecule has 0 aromatic carbocycles. The summed E-state index contributed by atoms with van der Waals surface area (Å²) < 4.78 is 0. The summed E-state index contributed by atoms with van der Waals surface area (Å²) in [6, 6.07) is 14.6. The highest BCUT2D eigenvalue weighted by Gasteiger charge is 2.38. The first-order chi connectivity index (χ1) is 10.2. The first-order valence-corrected chi connectivity index (χ1v) is 6.70. The van der Waals surface area contributed by atoms with Crippen LogP contribution in [0, 0.1) is 6.92 Å². The van der Waals surface area contributed by atoms with Gasteiger partial charge in [-0.1, -0.05) is 12.1 Å². The van der Waals surface area contributed by atoms with Crippen LogP contribution >= 0.6 is 0 Å². The maximum atomic E-state index is 11.4. The van der Waals surface area contributed by atoms with E-state index >= 15 is 0 Å². The van der Waals surface area contributed by atoms with Gasteiger partial charge in [-0.3, -0.25) is 15.0 Å². The number of rotatable bonds is 3. The van der Waals surface area contributed by atoms with Gasteiger partial charge < -0.3 is 5.11 Å². The average molecular weight is 277 g/mol. The van der Waals surface area contributed by atoms with Crippen molar-refractivity contribution in [2.75, 3.05) is 0 Å². The smallest absolute Gasteiger partial charge is 0.191 e.